The van der Waals surface area contributed by atoms with Crippen LogP contribution in [0, 0.1) is 17.6 Å². The summed E-state index contributed by atoms with van der Waals surface area (Å²) < 4.78 is 95.3. The molecule has 0 saturated heterocycles. The second-order valence-corrected chi connectivity index (χ2v) is 16.7. The molecule has 0 bridgehead atoms. The molecule has 1 amide bonds. The Hall–Kier alpha value is -5.81. The van der Waals surface area contributed by atoms with E-state index in [0.717, 1.165) is 23.3 Å². The van der Waals surface area contributed by atoms with Crippen molar-refractivity contribution in [1.82, 2.24) is 34.4 Å². The van der Waals surface area contributed by atoms with Gasteiger partial charge in [0, 0.05) is 37.3 Å². The summed E-state index contributed by atoms with van der Waals surface area (Å²) >= 11 is 8.00. The van der Waals surface area contributed by atoms with Crippen LogP contribution in [0.3, 0.4) is 0 Å². The molecule has 0 aliphatic heterocycles. The number of amides is 1. The molecule has 2 N–H and O–H groups in total. The Kier molecular flexibility index (Phi) is 11.4. The zero-order valence-corrected chi connectivity index (χ0v) is 35.5. The van der Waals surface area contributed by atoms with Crippen molar-refractivity contribution in [3.63, 3.8) is 0 Å². The van der Waals surface area contributed by atoms with E-state index in [1.54, 1.807) is 43.6 Å². The maximum Gasteiger partial charge on any atom is 0.292 e. The molecule has 8 rings (SSSR count). The number of rotatable bonds is 12. The number of halogens is 7. The number of alkyl halides is 4. The van der Waals surface area contributed by atoms with Gasteiger partial charge < -0.3 is 10.0 Å². The molecule has 1 aliphatic rings. The third-order valence-electron chi connectivity index (χ3n) is 11.2. The molecule has 2 unspecified atom stereocenters. The monoisotopic (exact) mass is 892 g/mol. The highest BCUT2D eigenvalue weighted by molar-refractivity contribution is 7.99. The van der Waals surface area contributed by atoms with Gasteiger partial charge in [-0.25, -0.2) is 22.5 Å². The molecule has 4 aromatic carbocycles. The zero-order valence-electron chi connectivity index (χ0n) is 33.9. The first kappa shape index (κ1) is 42.9. The van der Waals surface area contributed by atoms with Crippen molar-refractivity contribution in [2.75, 3.05) is 11.0 Å². The molecule has 0 spiro atoms. The summed E-state index contributed by atoms with van der Waals surface area (Å²) in [5.41, 5.74) is 0.934. The van der Waals surface area contributed by atoms with Gasteiger partial charge in [0.2, 0.25) is 5.91 Å². The summed E-state index contributed by atoms with van der Waals surface area (Å²) in [5.74, 6) is -7.24. The second-order valence-electron chi connectivity index (χ2n) is 15.7. The van der Waals surface area contributed by atoms with Crippen molar-refractivity contribution in [2.24, 2.45) is 13.0 Å². The zero-order chi connectivity index (χ0) is 44.4. The molecule has 18 heteroatoms. The van der Waals surface area contributed by atoms with E-state index in [9.17, 15) is 22.4 Å². The third-order valence-corrected chi connectivity index (χ3v) is 11.9. The van der Waals surface area contributed by atoms with Crippen LogP contribution in [0.1, 0.15) is 73.1 Å². The molecular formula is C44H39ClF6N8O2S. The fraction of sp³-hybridized carbons (Fsp3) is 0.295. The summed E-state index contributed by atoms with van der Waals surface area (Å²) in [4.78, 5) is 34.3. The number of anilines is 1. The number of carbonyl (C=O) groups is 1. The van der Waals surface area contributed by atoms with Gasteiger partial charge in [0.05, 0.1) is 38.6 Å². The number of nitrogens with one attached hydrogen (secondary N) is 2. The summed E-state index contributed by atoms with van der Waals surface area (Å²) in [6.07, 6.45) is -2.14. The van der Waals surface area contributed by atoms with Crippen molar-refractivity contribution >= 4 is 57.1 Å². The Bertz CT molecular complexity index is 2950. The normalized spacial score (nSPS) is 15.2. The molecule has 0 saturated carbocycles. The van der Waals surface area contributed by atoms with Crippen LogP contribution in [0.5, 0.6) is 0 Å². The van der Waals surface area contributed by atoms with Crippen molar-refractivity contribution < 1.29 is 31.1 Å². The maximum absolute atomic E-state index is 15.5. The Morgan fingerprint density at radius 3 is 2.42 bits per heavy atom. The molecule has 1 aliphatic carbocycles. The van der Waals surface area contributed by atoms with E-state index in [4.69, 9.17) is 16.6 Å². The fourth-order valence-electron chi connectivity index (χ4n) is 8.23. The number of aryl methyl sites for hydroxylation is 1. The van der Waals surface area contributed by atoms with Gasteiger partial charge in [-0.1, -0.05) is 74.7 Å². The van der Waals surface area contributed by atoms with Crippen LogP contribution in [-0.4, -0.2) is 41.3 Å². The van der Waals surface area contributed by atoms with Gasteiger partial charge in [-0.3, -0.25) is 23.5 Å². The average Bonchev–Trinajstić information content (AvgIpc) is 3.82. The van der Waals surface area contributed by atoms with Crippen LogP contribution in [0.2, 0.25) is 5.02 Å². The number of fused-ring (bicyclic) bond motifs is 3. The smallest absolute Gasteiger partial charge is 0.292 e. The van der Waals surface area contributed by atoms with E-state index in [1.807, 2.05) is 24.3 Å². The standard InChI is InChI=1S/C44H39ClF6N8O2S/c1-21(2)24-7-6-8-25(17-24)26-9-10-29-32(18-26)53-42(59(43(29)61)34-12-11-31(45)36-38(34)57(4)55-41(36)56-62-5)33(16-23-14-27(46)19-28(47)15-23)52-35(60)20-58-39-30(37(54-58)40(48)49)13-22(3)44(39,50)51/h6-12,14-15,17-19,21-22,33,40H,13,16,20H2,1-5H3,(H,52,60)(H,55,56). The highest BCUT2D eigenvalue weighted by Crippen LogP contribution is 2.48. The lowest BCUT2D eigenvalue weighted by Gasteiger charge is -2.24. The largest absolute Gasteiger partial charge is 0.344 e. The molecule has 0 radical (unpaired) electrons. The molecule has 3 aromatic heterocycles. The molecule has 0 fully saturated rings. The van der Waals surface area contributed by atoms with E-state index in [-0.39, 0.29) is 52.3 Å². The highest BCUT2D eigenvalue weighted by Gasteiger charge is 2.51. The third kappa shape index (κ3) is 7.69. The SMILES string of the molecule is CSNc1nn(C)c2c(-n3c(C(Cc4cc(F)cc(F)c4)NC(=O)Cn4nc(C(F)F)c5c4C(F)(F)C(C)C5)nc4cc(-c5cccc(C(C)C)c5)ccc4c3=O)ccc(Cl)c12. The van der Waals surface area contributed by atoms with Gasteiger partial charge in [0.25, 0.3) is 17.9 Å². The van der Waals surface area contributed by atoms with Crippen molar-refractivity contribution in [1.29, 1.82) is 0 Å². The summed E-state index contributed by atoms with van der Waals surface area (Å²) in [6.45, 7) is 4.42. The first-order chi connectivity index (χ1) is 29.5. The number of nitrogens with zero attached hydrogens (tertiary/aromatic N) is 6. The van der Waals surface area contributed by atoms with E-state index < -0.39 is 65.3 Å². The summed E-state index contributed by atoms with van der Waals surface area (Å²) in [5, 5.41) is 12.0. The summed E-state index contributed by atoms with van der Waals surface area (Å²) in [7, 11) is 1.64. The van der Waals surface area contributed by atoms with Gasteiger partial charge in [0.1, 0.15) is 35.4 Å². The second kappa shape index (κ2) is 16.5. The fourth-order valence-corrected chi connectivity index (χ4v) is 8.81. The van der Waals surface area contributed by atoms with Gasteiger partial charge in [-0.15, -0.1) is 0 Å². The minimum atomic E-state index is -3.58. The van der Waals surface area contributed by atoms with Crippen LogP contribution in [0.25, 0.3) is 38.6 Å². The Morgan fingerprint density at radius 1 is 1.00 bits per heavy atom. The van der Waals surface area contributed by atoms with Crippen LogP contribution < -0.4 is 15.6 Å². The van der Waals surface area contributed by atoms with Crippen molar-refractivity contribution in [3.8, 4) is 16.8 Å². The van der Waals surface area contributed by atoms with Gasteiger partial charge in [-0.05, 0) is 71.0 Å². The van der Waals surface area contributed by atoms with Gasteiger partial charge in [-0.2, -0.15) is 19.0 Å². The van der Waals surface area contributed by atoms with Gasteiger partial charge >= 0.3 is 0 Å². The van der Waals surface area contributed by atoms with E-state index in [1.165, 1.54) is 28.1 Å². The number of carbonyl (C=O) groups excluding carboxylic acids is 1. The molecular weight excluding hydrogens is 854 g/mol. The first-order valence-corrected chi connectivity index (χ1v) is 21.2. The first-order valence-electron chi connectivity index (χ1n) is 19.6. The lowest BCUT2D eigenvalue weighted by molar-refractivity contribution is -0.123. The van der Waals surface area contributed by atoms with Crippen LogP contribution in [0.4, 0.5) is 32.2 Å². The van der Waals surface area contributed by atoms with Crippen LogP contribution in [0.15, 0.2) is 77.6 Å². The van der Waals surface area contributed by atoms with Gasteiger partial charge in [0.15, 0.2) is 5.82 Å². The van der Waals surface area contributed by atoms with Crippen molar-refractivity contribution in [3.05, 3.63) is 134 Å². The predicted molar refractivity (Wildman–Crippen MR) is 228 cm³/mol. The Morgan fingerprint density at radius 2 is 1.73 bits per heavy atom. The highest BCUT2D eigenvalue weighted by atomic mass is 35.5. The molecule has 7 aromatic rings. The predicted octanol–water partition coefficient (Wildman–Crippen LogP) is 10.2. The number of benzene rings is 4. The molecule has 3 heterocycles. The lowest BCUT2D eigenvalue weighted by atomic mass is 9.97. The Balaban J connectivity index is 1.35. The minimum Gasteiger partial charge on any atom is -0.344 e. The number of hydrogen-bond acceptors (Lipinski definition) is 7. The molecule has 10 nitrogen and oxygen atoms in total. The quantitative estimate of drug-likeness (QED) is 0.0928. The average molecular weight is 893 g/mol. The van der Waals surface area contributed by atoms with E-state index >= 15 is 13.6 Å². The minimum absolute atomic E-state index is 0.0431. The lowest BCUT2D eigenvalue weighted by Crippen LogP contribution is -2.38. The Labute approximate surface area is 360 Å². The number of hydrogen-bond donors (Lipinski definition) is 2. The molecule has 2 atom stereocenters. The topological polar surface area (TPSA) is 112 Å². The van der Waals surface area contributed by atoms with E-state index in [0.29, 0.717) is 38.1 Å². The van der Waals surface area contributed by atoms with Crippen LogP contribution >= 0.6 is 23.5 Å². The molecule has 322 valence electrons. The van der Waals surface area contributed by atoms with Crippen molar-refractivity contribution in [2.45, 2.75) is 64.5 Å². The van der Waals surface area contributed by atoms with Crippen LogP contribution in [-0.2, 0) is 37.2 Å². The number of aromatic nitrogens is 6. The van der Waals surface area contributed by atoms with E-state index in [2.05, 4.69) is 34.1 Å². The maximum atomic E-state index is 15.5. The molecule has 62 heavy (non-hydrogen) atoms. The summed E-state index contributed by atoms with van der Waals surface area (Å²) in [6, 6.07) is 17.5.